The van der Waals surface area contributed by atoms with Crippen LogP contribution in [0.1, 0.15) is 16.1 Å². The molecule has 1 aromatic carbocycles. The van der Waals surface area contributed by atoms with E-state index in [9.17, 15) is 19.3 Å². The summed E-state index contributed by atoms with van der Waals surface area (Å²) in [7, 11) is 1.75. The monoisotopic (exact) mass is 291 g/mol. The Morgan fingerprint density at radius 1 is 1.38 bits per heavy atom. The maximum atomic E-state index is 12.8. The van der Waals surface area contributed by atoms with E-state index in [4.69, 9.17) is 0 Å². The Morgan fingerprint density at radius 2 is 2.05 bits per heavy atom. The zero-order chi connectivity index (χ0) is 15.4. The van der Waals surface area contributed by atoms with Gasteiger partial charge in [0, 0.05) is 12.6 Å². The van der Waals surface area contributed by atoms with E-state index in [2.05, 4.69) is 4.98 Å². The average molecular weight is 291 g/mol. The Hall–Kier alpha value is -2.54. The van der Waals surface area contributed by atoms with E-state index in [0.29, 0.717) is 6.54 Å². The summed E-state index contributed by atoms with van der Waals surface area (Å²) in [5, 5.41) is 10.6. The van der Waals surface area contributed by atoms with E-state index in [1.165, 1.54) is 24.4 Å². The van der Waals surface area contributed by atoms with Gasteiger partial charge in [0.05, 0.1) is 23.4 Å². The first kappa shape index (κ1) is 14.9. The predicted molar refractivity (Wildman–Crippen MR) is 74.5 cm³/mol. The van der Waals surface area contributed by atoms with Crippen LogP contribution in [-0.2, 0) is 6.54 Å². The first-order valence-electron chi connectivity index (χ1n) is 6.24. The van der Waals surface area contributed by atoms with Crippen molar-refractivity contribution in [2.45, 2.75) is 6.54 Å². The fraction of sp³-hybridized carbons (Fsp3) is 0.214. The normalized spacial score (nSPS) is 10.8. The van der Waals surface area contributed by atoms with Crippen LogP contribution in [0.3, 0.4) is 0 Å². The topological polar surface area (TPSA) is 79.2 Å². The van der Waals surface area contributed by atoms with E-state index in [0.717, 1.165) is 5.56 Å². The lowest BCUT2D eigenvalue weighted by Gasteiger charge is -2.15. The highest BCUT2D eigenvalue weighted by Crippen LogP contribution is 2.13. The number of aromatic nitrogens is 1. The number of rotatable bonds is 6. The highest BCUT2D eigenvalue weighted by Gasteiger charge is 2.16. The molecule has 1 heterocycles. The van der Waals surface area contributed by atoms with Crippen LogP contribution in [0.25, 0.3) is 0 Å². The lowest BCUT2D eigenvalue weighted by Crippen LogP contribution is -2.25. The minimum absolute atomic E-state index is 0.106. The fourth-order valence-electron chi connectivity index (χ4n) is 1.94. The highest BCUT2D eigenvalue weighted by atomic mass is 19.1. The van der Waals surface area contributed by atoms with Gasteiger partial charge in [-0.15, -0.1) is 0 Å². The standard InChI is InChI=1S/C14H14FN3O3/c1-17(8-10-2-4-11(15)5-3-10)9-14(19)13-6-12(7-16-13)18(20)21/h2-7,16H,8-9H2,1H3. The third-order valence-electron chi connectivity index (χ3n) is 2.96. The van der Waals surface area contributed by atoms with Crippen LogP contribution >= 0.6 is 0 Å². The molecule has 7 heteroatoms. The molecule has 1 N–H and O–H groups in total. The van der Waals surface area contributed by atoms with Crippen molar-refractivity contribution in [1.29, 1.82) is 0 Å². The van der Waals surface area contributed by atoms with Crippen LogP contribution in [0.2, 0.25) is 0 Å². The molecule has 0 saturated heterocycles. The van der Waals surface area contributed by atoms with Crippen molar-refractivity contribution in [2.24, 2.45) is 0 Å². The van der Waals surface area contributed by atoms with E-state index in [1.54, 1.807) is 24.1 Å². The van der Waals surface area contributed by atoms with Crippen molar-refractivity contribution in [1.82, 2.24) is 9.88 Å². The van der Waals surface area contributed by atoms with Gasteiger partial charge in [0.1, 0.15) is 5.82 Å². The number of nitrogens with one attached hydrogen (secondary N) is 1. The zero-order valence-electron chi connectivity index (χ0n) is 11.4. The number of H-pyrrole nitrogens is 1. The predicted octanol–water partition coefficient (Wildman–Crippen LogP) is 2.38. The molecule has 0 atom stereocenters. The number of aromatic amines is 1. The van der Waals surface area contributed by atoms with Gasteiger partial charge in [-0.3, -0.25) is 19.8 Å². The molecule has 0 amide bonds. The summed E-state index contributed by atoms with van der Waals surface area (Å²) < 4.78 is 12.8. The number of carbonyl (C=O) groups excluding carboxylic acids is 1. The van der Waals surface area contributed by atoms with Crippen molar-refractivity contribution in [3.8, 4) is 0 Å². The Balaban J connectivity index is 1.95. The largest absolute Gasteiger partial charge is 0.353 e. The zero-order valence-corrected chi connectivity index (χ0v) is 11.4. The highest BCUT2D eigenvalue weighted by molar-refractivity contribution is 5.96. The first-order valence-corrected chi connectivity index (χ1v) is 6.24. The van der Waals surface area contributed by atoms with Crippen molar-refractivity contribution < 1.29 is 14.1 Å². The number of carbonyl (C=O) groups is 1. The molecule has 0 spiro atoms. The lowest BCUT2D eigenvalue weighted by atomic mass is 10.2. The Bertz CT molecular complexity index is 652. The number of nitro groups is 1. The quantitative estimate of drug-likeness (QED) is 0.503. The maximum Gasteiger partial charge on any atom is 0.287 e. The van der Waals surface area contributed by atoms with Gasteiger partial charge in [-0.1, -0.05) is 12.1 Å². The lowest BCUT2D eigenvalue weighted by molar-refractivity contribution is -0.384. The Kier molecular flexibility index (Phi) is 4.44. The van der Waals surface area contributed by atoms with Gasteiger partial charge in [-0.2, -0.15) is 0 Å². The van der Waals surface area contributed by atoms with Gasteiger partial charge >= 0.3 is 0 Å². The van der Waals surface area contributed by atoms with Gasteiger partial charge < -0.3 is 4.98 Å². The summed E-state index contributed by atoms with van der Waals surface area (Å²) in [6, 6.07) is 7.23. The Labute approximate surface area is 120 Å². The van der Waals surface area contributed by atoms with Crippen LogP contribution in [0.15, 0.2) is 36.5 Å². The molecule has 6 nitrogen and oxygen atoms in total. The number of hydrogen-bond donors (Lipinski definition) is 1. The molecule has 0 fully saturated rings. The van der Waals surface area contributed by atoms with Gasteiger partial charge in [-0.25, -0.2) is 4.39 Å². The fourth-order valence-corrected chi connectivity index (χ4v) is 1.94. The molecule has 0 aliphatic rings. The van der Waals surface area contributed by atoms with Crippen molar-refractivity contribution >= 4 is 11.5 Å². The third kappa shape index (κ3) is 3.96. The van der Waals surface area contributed by atoms with Crippen LogP contribution in [0.5, 0.6) is 0 Å². The van der Waals surface area contributed by atoms with Crippen LogP contribution < -0.4 is 0 Å². The summed E-state index contributed by atoms with van der Waals surface area (Å²) in [5.74, 6) is -0.552. The molecule has 1 aromatic heterocycles. The number of hydrogen-bond acceptors (Lipinski definition) is 4. The van der Waals surface area contributed by atoms with Crippen LogP contribution in [0, 0.1) is 15.9 Å². The second-order valence-electron chi connectivity index (χ2n) is 4.75. The number of likely N-dealkylation sites (N-methyl/N-ethyl adjacent to an activating group) is 1. The molecular formula is C14H14FN3O3. The molecule has 0 saturated carbocycles. The summed E-state index contributed by atoms with van der Waals surface area (Å²) >= 11 is 0. The van der Waals surface area contributed by atoms with Gasteiger partial charge in [-0.05, 0) is 24.7 Å². The number of ketones is 1. The number of Topliss-reactive ketones (excluding diaryl/α,β-unsaturated/α-hetero) is 1. The van der Waals surface area contributed by atoms with E-state index >= 15 is 0 Å². The van der Waals surface area contributed by atoms with Gasteiger partial charge in [0.25, 0.3) is 5.69 Å². The minimum atomic E-state index is -0.560. The van der Waals surface area contributed by atoms with E-state index < -0.39 is 4.92 Å². The molecule has 0 radical (unpaired) electrons. The van der Waals surface area contributed by atoms with Crippen LogP contribution in [-0.4, -0.2) is 34.2 Å². The van der Waals surface area contributed by atoms with Crippen molar-refractivity contribution in [2.75, 3.05) is 13.6 Å². The summed E-state index contributed by atoms with van der Waals surface area (Å²) in [6.45, 7) is 0.587. The second kappa shape index (κ2) is 6.27. The minimum Gasteiger partial charge on any atom is -0.353 e. The number of nitrogens with zero attached hydrogens (tertiary/aromatic N) is 2. The number of halogens is 1. The molecule has 0 bridgehead atoms. The number of benzene rings is 1. The molecular weight excluding hydrogens is 277 g/mol. The first-order chi connectivity index (χ1) is 9.95. The van der Waals surface area contributed by atoms with Crippen molar-refractivity contribution in [3.63, 3.8) is 0 Å². The Morgan fingerprint density at radius 3 is 2.62 bits per heavy atom. The summed E-state index contributed by atoms with van der Waals surface area (Å²) in [5.41, 5.74) is 0.941. The van der Waals surface area contributed by atoms with Gasteiger partial charge in [0.15, 0.2) is 5.78 Å². The SMILES string of the molecule is CN(CC(=O)c1cc([N+](=O)[O-])c[nH]1)Cc1ccc(F)cc1. The second-order valence-corrected chi connectivity index (χ2v) is 4.75. The molecule has 2 rings (SSSR count). The van der Waals surface area contributed by atoms with Crippen LogP contribution in [0.4, 0.5) is 10.1 Å². The molecule has 110 valence electrons. The van der Waals surface area contributed by atoms with Gasteiger partial charge in [0.2, 0.25) is 0 Å². The molecule has 21 heavy (non-hydrogen) atoms. The van der Waals surface area contributed by atoms with E-state index in [1.807, 2.05) is 0 Å². The maximum absolute atomic E-state index is 12.8. The average Bonchev–Trinajstić information content (AvgIpc) is 2.91. The smallest absolute Gasteiger partial charge is 0.287 e. The molecule has 0 aliphatic carbocycles. The summed E-state index contributed by atoms with van der Waals surface area (Å²) in [4.78, 5) is 26.3. The summed E-state index contributed by atoms with van der Waals surface area (Å²) in [6.07, 6.45) is 1.19. The molecule has 0 unspecified atom stereocenters. The van der Waals surface area contributed by atoms with Crippen molar-refractivity contribution in [3.05, 3.63) is 63.7 Å². The molecule has 2 aromatic rings. The van der Waals surface area contributed by atoms with E-state index in [-0.39, 0.29) is 29.5 Å². The molecule has 0 aliphatic heterocycles. The third-order valence-corrected chi connectivity index (χ3v) is 2.96.